The molecule has 9 heteroatoms. The molecule has 3 rings (SSSR count). The summed E-state index contributed by atoms with van der Waals surface area (Å²) >= 11 is 1.58. The van der Waals surface area contributed by atoms with Gasteiger partial charge in [-0.25, -0.2) is 18.1 Å². The molecule has 1 atom stereocenters. The Bertz CT molecular complexity index is 853. The second-order valence-electron chi connectivity index (χ2n) is 6.25. The van der Waals surface area contributed by atoms with Crippen LogP contribution in [0.4, 0.5) is 5.13 Å². The van der Waals surface area contributed by atoms with Crippen LogP contribution in [0.2, 0.25) is 0 Å². The molecule has 1 aliphatic heterocycles. The van der Waals surface area contributed by atoms with Crippen molar-refractivity contribution in [1.29, 1.82) is 0 Å². The second-order valence-corrected chi connectivity index (χ2v) is 8.89. The van der Waals surface area contributed by atoms with Crippen molar-refractivity contribution >= 4 is 32.4 Å². The molecular weight excluding hydrogens is 372 g/mol. The SMILES string of the molecule is Cc1cccc(S(=O)(=O)NCC(=O)NCC2CCCN2c2nccs2)c1. The van der Waals surface area contributed by atoms with E-state index in [0.717, 1.165) is 30.1 Å². The van der Waals surface area contributed by atoms with Crippen LogP contribution < -0.4 is 14.9 Å². The van der Waals surface area contributed by atoms with Crippen LogP contribution in [-0.4, -0.2) is 45.0 Å². The number of sulfonamides is 1. The highest BCUT2D eigenvalue weighted by atomic mass is 32.2. The Morgan fingerprint density at radius 1 is 1.42 bits per heavy atom. The minimum Gasteiger partial charge on any atom is -0.353 e. The van der Waals surface area contributed by atoms with Crippen molar-refractivity contribution in [3.8, 4) is 0 Å². The van der Waals surface area contributed by atoms with E-state index in [0.29, 0.717) is 6.54 Å². The normalized spacial score (nSPS) is 17.4. The summed E-state index contributed by atoms with van der Waals surface area (Å²) < 4.78 is 26.9. The summed E-state index contributed by atoms with van der Waals surface area (Å²) in [5.74, 6) is -0.341. The molecule has 1 unspecified atom stereocenters. The van der Waals surface area contributed by atoms with E-state index in [1.165, 1.54) is 6.07 Å². The van der Waals surface area contributed by atoms with Crippen LogP contribution in [0.5, 0.6) is 0 Å². The van der Waals surface area contributed by atoms with E-state index in [9.17, 15) is 13.2 Å². The van der Waals surface area contributed by atoms with Crippen LogP contribution in [0.15, 0.2) is 40.7 Å². The van der Waals surface area contributed by atoms with E-state index in [-0.39, 0.29) is 23.4 Å². The maximum Gasteiger partial charge on any atom is 0.241 e. The average Bonchev–Trinajstić information content (AvgIpc) is 3.29. The molecule has 0 saturated carbocycles. The van der Waals surface area contributed by atoms with Crippen molar-refractivity contribution in [3.63, 3.8) is 0 Å². The van der Waals surface area contributed by atoms with Gasteiger partial charge in [0.05, 0.1) is 11.4 Å². The molecule has 1 aromatic heterocycles. The zero-order chi connectivity index (χ0) is 18.6. The van der Waals surface area contributed by atoms with E-state index >= 15 is 0 Å². The lowest BCUT2D eigenvalue weighted by molar-refractivity contribution is -0.120. The number of aryl methyl sites for hydroxylation is 1. The first-order chi connectivity index (χ1) is 12.5. The zero-order valence-corrected chi connectivity index (χ0v) is 16.1. The highest BCUT2D eigenvalue weighted by molar-refractivity contribution is 7.89. The van der Waals surface area contributed by atoms with Crippen molar-refractivity contribution in [3.05, 3.63) is 41.4 Å². The van der Waals surface area contributed by atoms with E-state index < -0.39 is 10.0 Å². The monoisotopic (exact) mass is 394 g/mol. The number of carbonyl (C=O) groups is 1. The number of rotatable bonds is 7. The maximum atomic E-state index is 12.3. The Kier molecular flexibility index (Phi) is 5.90. The lowest BCUT2D eigenvalue weighted by Gasteiger charge is -2.24. The van der Waals surface area contributed by atoms with Gasteiger partial charge in [-0.15, -0.1) is 11.3 Å². The molecule has 1 amide bonds. The van der Waals surface area contributed by atoms with Gasteiger partial charge in [-0.3, -0.25) is 4.79 Å². The van der Waals surface area contributed by atoms with Crippen LogP contribution >= 0.6 is 11.3 Å². The minimum atomic E-state index is -3.69. The average molecular weight is 395 g/mol. The van der Waals surface area contributed by atoms with Crippen LogP contribution in [0.3, 0.4) is 0 Å². The van der Waals surface area contributed by atoms with Gasteiger partial charge >= 0.3 is 0 Å². The summed E-state index contributed by atoms with van der Waals surface area (Å²) in [5.41, 5.74) is 0.848. The molecule has 2 aromatic rings. The number of aromatic nitrogens is 1. The Hall–Kier alpha value is -1.97. The molecule has 0 aliphatic carbocycles. The molecule has 2 N–H and O–H groups in total. The summed E-state index contributed by atoms with van der Waals surface area (Å²) in [6, 6.07) is 6.78. The smallest absolute Gasteiger partial charge is 0.241 e. The highest BCUT2D eigenvalue weighted by Gasteiger charge is 2.26. The standard InChI is InChI=1S/C17H22N4O3S2/c1-13-4-2-6-15(10-13)26(23,24)20-12-16(22)19-11-14-5-3-8-21(14)17-18-7-9-25-17/h2,4,6-7,9-10,14,20H,3,5,8,11-12H2,1H3,(H,19,22). The molecule has 0 spiro atoms. The number of nitrogens with zero attached hydrogens (tertiary/aromatic N) is 2. The number of anilines is 1. The summed E-state index contributed by atoms with van der Waals surface area (Å²) in [7, 11) is -3.69. The predicted molar refractivity (Wildman–Crippen MR) is 102 cm³/mol. The fraction of sp³-hybridized carbons (Fsp3) is 0.412. The van der Waals surface area contributed by atoms with Crippen LogP contribution in [-0.2, 0) is 14.8 Å². The van der Waals surface area contributed by atoms with Crippen molar-refractivity contribution in [2.45, 2.75) is 30.7 Å². The second kappa shape index (κ2) is 8.15. The van der Waals surface area contributed by atoms with Crippen LogP contribution in [0.1, 0.15) is 18.4 Å². The first-order valence-corrected chi connectivity index (χ1v) is 10.8. The lowest BCUT2D eigenvalue weighted by Crippen LogP contribution is -2.43. The zero-order valence-electron chi connectivity index (χ0n) is 14.5. The molecule has 0 bridgehead atoms. The van der Waals surface area contributed by atoms with Gasteiger partial charge in [0.25, 0.3) is 0 Å². The third-order valence-corrected chi connectivity index (χ3v) is 6.51. The largest absolute Gasteiger partial charge is 0.353 e. The van der Waals surface area contributed by atoms with Gasteiger partial charge in [0.1, 0.15) is 0 Å². The molecule has 0 radical (unpaired) electrons. The molecule has 1 aliphatic rings. The molecule has 26 heavy (non-hydrogen) atoms. The first kappa shape index (κ1) is 18.8. The molecule has 7 nitrogen and oxygen atoms in total. The molecule has 140 valence electrons. The molecular formula is C17H22N4O3S2. The van der Waals surface area contributed by atoms with Crippen molar-refractivity contribution in [1.82, 2.24) is 15.0 Å². The Balaban J connectivity index is 1.50. The van der Waals surface area contributed by atoms with Crippen molar-refractivity contribution in [2.24, 2.45) is 0 Å². The van der Waals surface area contributed by atoms with Gasteiger partial charge in [0.15, 0.2) is 5.13 Å². The van der Waals surface area contributed by atoms with Crippen LogP contribution in [0.25, 0.3) is 0 Å². The first-order valence-electron chi connectivity index (χ1n) is 8.45. The third kappa shape index (κ3) is 4.60. The van der Waals surface area contributed by atoms with Crippen molar-refractivity contribution < 1.29 is 13.2 Å². The highest BCUT2D eigenvalue weighted by Crippen LogP contribution is 2.26. The molecule has 1 fully saturated rings. The van der Waals surface area contributed by atoms with E-state index in [1.807, 2.05) is 18.4 Å². The number of carbonyl (C=O) groups excluding carboxylic acids is 1. The Morgan fingerprint density at radius 2 is 2.27 bits per heavy atom. The lowest BCUT2D eigenvalue weighted by atomic mass is 10.2. The minimum absolute atomic E-state index is 0.163. The predicted octanol–water partition coefficient (Wildman–Crippen LogP) is 1.52. The summed E-state index contributed by atoms with van der Waals surface area (Å²) in [4.78, 5) is 18.8. The number of benzene rings is 1. The Morgan fingerprint density at radius 3 is 3.00 bits per heavy atom. The summed E-state index contributed by atoms with van der Waals surface area (Å²) in [6.45, 7) is 2.94. The fourth-order valence-corrected chi connectivity index (χ4v) is 4.81. The molecule has 1 aromatic carbocycles. The number of hydrogen-bond acceptors (Lipinski definition) is 6. The van der Waals surface area contributed by atoms with Crippen molar-refractivity contribution in [2.75, 3.05) is 24.5 Å². The van der Waals surface area contributed by atoms with E-state index in [4.69, 9.17) is 0 Å². The molecule has 2 heterocycles. The Labute approximate surface area is 157 Å². The maximum absolute atomic E-state index is 12.3. The summed E-state index contributed by atoms with van der Waals surface area (Å²) in [5, 5.41) is 5.72. The topological polar surface area (TPSA) is 91.4 Å². The van der Waals surface area contributed by atoms with Gasteiger partial charge in [0.2, 0.25) is 15.9 Å². The number of amides is 1. The van der Waals surface area contributed by atoms with Gasteiger partial charge in [-0.1, -0.05) is 12.1 Å². The van der Waals surface area contributed by atoms with Gasteiger partial charge in [-0.05, 0) is 37.5 Å². The van der Waals surface area contributed by atoms with Gasteiger partial charge in [0, 0.05) is 30.7 Å². The summed E-state index contributed by atoms with van der Waals surface area (Å²) in [6.07, 6.45) is 3.81. The number of thiazole rings is 1. The van der Waals surface area contributed by atoms with E-state index in [1.54, 1.807) is 29.7 Å². The van der Waals surface area contributed by atoms with Gasteiger partial charge < -0.3 is 10.2 Å². The number of hydrogen-bond donors (Lipinski definition) is 2. The fourth-order valence-electron chi connectivity index (χ4n) is 2.98. The van der Waals surface area contributed by atoms with Gasteiger partial charge in [-0.2, -0.15) is 0 Å². The molecule has 1 saturated heterocycles. The number of nitrogens with one attached hydrogen (secondary N) is 2. The quantitative estimate of drug-likeness (QED) is 0.743. The third-order valence-electron chi connectivity index (χ3n) is 4.30. The van der Waals surface area contributed by atoms with Crippen LogP contribution in [0, 0.1) is 6.92 Å². The van der Waals surface area contributed by atoms with E-state index in [2.05, 4.69) is 19.9 Å².